The molecule has 21 heavy (non-hydrogen) atoms. The van der Waals surface area contributed by atoms with Crippen molar-refractivity contribution in [1.29, 1.82) is 0 Å². The molecule has 0 aromatic heterocycles. The molecule has 7 nitrogen and oxygen atoms in total. The van der Waals surface area contributed by atoms with E-state index >= 15 is 0 Å². The summed E-state index contributed by atoms with van der Waals surface area (Å²) in [6, 6.07) is 0. The minimum atomic E-state index is -3.25. The van der Waals surface area contributed by atoms with Crippen LogP contribution in [-0.2, 0) is 22.7 Å². The van der Waals surface area contributed by atoms with E-state index in [2.05, 4.69) is 5.09 Å². The minimum absolute atomic E-state index is 0.299. The number of rotatable bonds is 13. The Bertz CT molecular complexity index is 359. The molecule has 0 aliphatic heterocycles. The van der Waals surface area contributed by atoms with Gasteiger partial charge in [0.1, 0.15) is 0 Å². The largest absolute Gasteiger partial charge is 0.405 e. The van der Waals surface area contributed by atoms with Crippen molar-refractivity contribution in [1.82, 2.24) is 9.76 Å². The summed E-state index contributed by atoms with van der Waals surface area (Å²) in [7, 11) is -1.81. The second kappa shape index (κ2) is 11.2. The van der Waals surface area contributed by atoms with Gasteiger partial charge in [-0.15, -0.1) is 0 Å². The van der Waals surface area contributed by atoms with Gasteiger partial charge in [-0.05, 0) is 13.8 Å². The van der Waals surface area contributed by atoms with Gasteiger partial charge in [0, 0.05) is 32.5 Å². The Morgan fingerprint density at radius 2 is 1.57 bits per heavy atom. The molecule has 0 aliphatic carbocycles. The molecule has 0 amide bonds. The van der Waals surface area contributed by atoms with Crippen molar-refractivity contribution in [2.75, 3.05) is 45.7 Å². The van der Waals surface area contributed by atoms with Crippen LogP contribution in [0, 0.1) is 0 Å². The molecule has 0 rings (SSSR count). The highest BCUT2D eigenvalue weighted by Gasteiger charge is 2.30. The molecule has 0 heterocycles. The average Bonchev–Trinajstić information content (AvgIpc) is 2.45. The lowest BCUT2D eigenvalue weighted by molar-refractivity contribution is 0.211. The predicted molar refractivity (Wildman–Crippen MR) is 88.9 cm³/mol. The highest BCUT2D eigenvalue weighted by molar-refractivity contribution is 8.55. The van der Waals surface area contributed by atoms with Crippen LogP contribution < -0.4 is 5.09 Å². The summed E-state index contributed by atoms with van der Waals surface area (Å²) >= 11 is 1.22. The highest BCUT2D eigenvalue weighted by Crippen LogP contribution is 2.61. The Morgan fingerprint density at radius 1 is 1.05 bits per heavy atom. The number of hydrogen-bond donors (Lipinski definition) is 1. The Balaban J connectivity index is 4.39. The topological polar surface area (TPSA) is 77.1 Å². The van der Waals surface area contributed by atoms with E-state index in [0.717, 1.165) is 0 Å². The van der Waals surface area contributed by atoms with Crippen LogP contribution in [0.5, 0.6) is 0 Å². The van der Waals surface area contributed by atoms with Gasteiger partial charge in [0.2, 0.25) is 0 Å². The van der Waals surface area contributed by atoms with Crippen molar-refractivity contribution in [2.45, 2.75) is 27.7 Å². The van der Waals surface area contributed by atoms with Crippen molar-refractivity contribution < 1.29 is 22.7 Å². The molecule has 1 atom stereocenters. The van der Waals surface area contributed by atoms with Crippen LogP contribution >= 0.6 is 25.8 Å². The van der Waals surface area contributed by atoms with Gasteiger partial charge >= 0.3 is 14.5 Å². The molecule has 0 saturated heterocycles. The summed E-state index contributed by atoms with van der Waals surface area (Å²) in [5.74, 6) is 0.478. The van der Waals surface area contributed by atoms with Gasteiger partial charge in [0.05, 0.1) is 13.2 Å². The fourth-order valence-corrected chi connectivity index (χ4v) is 7.19. The highest BCUT2D eigenvalue weighted by atomic mass is 32.7. The lowest BCUT2D eigenvalue weighted by atomic mass is 10.7. The maximum Gasteiger partial charge on any atom is 0.405 e. The van der Waals surface area contributed by atoms with Crippen LogP contribution in [0.4, 0.5) is 0 Å². The molecule has 0 saturated carbocycles. The molecule has 0 radical (unpaired) electrons. The van der Waals surface area contributed by atoms with E-state index < -0.39 is 14.5 Å². The molecular formula is C11H28N2O5P2S. The summed E-state index contributed by atoms with van der Waals surface area (Å²) in [6.45, 7) is 6.75. The monoisotopic (exact) mass is 362 g/mol. The number of nitrogens with one attached hydrogen (secondary N) is 1. The van der Waals surface area contributed by atoms with E-state index in [1.807, 2.05) is 13.8 Å². The summed E-state index contributed by atoms with van der Waals surface area (Å²) in [4.78, 5) is 0. The van der Waals surface area contributed by atoms with Crippen LogP contribution in [0.15, 0.2) is 0 Å². The summed E-state index contributed by atoms with van der Waals surface area (Å²) in [6.07, 6.45) is 0. The second-order valence-corrected chi connectivity index (χ2v) is 10.4. The van der Waals surface area contributed by atoms with Gasteiger partial charge in [-0.2, -0.15) is 0 Å². The number of hydrogen-bond acceptors (Lipinski definition) is 6. The van der Waals surface area contributed by atoms with Crippen LogP contribution in [0.3, 0.4) is 0 Å². The van der Waals surface area contributed by atoms with Crippen molar-refractivity contribution in [3.63, 3.8) is 0 Å². The van der Waals surface area contributed by atoms with Crippen molar-refractivity contribution in [3.8, 4) is 0 Å². The molecule has 1 unspecified atom stereocenters. The Morgan fingerprint density at radius 3 is 1.95 bits per heavy atom. The Hall–Kier alpha value is 0.610. The zero-order chi connectivity index (χ0) is 16.4. The second-order valence-electron chi connectivity index (χ2n) is 3.86. The molecule has 10 heteroatoms. The number of nitrogens with zero attached hydrogens (tertiary/aromatic N) is 1. The third kappa shape index (κ3) is 7.62. The fourth-order valence-electron chi connectivity index (χ4n) is 1.63. The quantitative estimate of drug-likeness (QED) is 0.393. The summed E-state index contributed by atoms with van der Waals surface area (Å²) < 4.78 is 42.0. The first-order valence-corrected chi connectivity index (χ1v) is 11.8. The van der Waals surface area contributed by atoms with E-state index in [1.54, 1.807) is 18.5 Å². The maximum absolute atomic E-state index is 12.6. The van der Waals surface area contributed by atoms with Gasteiger partial charge < -0.3 is 4.52 Å². The van der Waals surface area contributed by atoms with Crippen LogP contribution in [0.1, 0.15) is 27.7 Å². The smallest absolute Gasteiger partial charge is 0.313 e. The first-order chi connectivity index (χ1) is 9.91. The standard InChI is InChI=1S/C11H28N2O5P2S/c1-6-13(7-2)20(15,16-5)21-11-10-12-19(14,17-8-3)18-9-4/h6-11H2,1-5H3,(H,12,14). The molecular weight excluding hydrogens is 334 g/mol. The normalized spacial score (nSPS) is 15.3. The molecule has 0 aromatic carbocycles. The minimum Gasteiger partial charge on any atom is -0.313 e. The fraction of sp³-hybridized carbons (Fsp3) is 1.00. The van der Waals surface area contributed by atoms with Crippen LogP contribution in [0.25, 0.3) is 0 Å². The SMILES string of the molecule is CCOP(=O)(NCCSP(=O)(OC)N(CC)CC)OCC. The molecule has 1 N–H and O–H groups in total. The molecule has 0 fully saturated rings. The van der Waals surface area contributed by atoms with E-state index in [4.69, 9.17) is 13.6 Å². The predicted octanol–water partition coefficient (Wildman–Crippen LogP) is 3.59. The molecule has 0 aliphatic rings. The first-order valence-electron chi connectivity index (χ1n) is 7.11. The van der Waals surface area contributed by atoms with E-state index in [1.165, 1.54) is 18.5 Å². The Labute approximate surface area is 132 Å². The lowest BCUT2D eigenvalue weighted by Gasteiger charge is -2.27. The molecule has 0 spiro atoms. The van der Waals surface area contributed by atoms with Crippen LogP contribution in [-0.4, -0.2) is 50.4 Å². The van der Waals surface area contributed by atoms with Gasteiger partial charge in [-0.3, -0.25) is 13.6 Å². The molecule has 128 valence electrons. The third-order valence-electron chi connectivity index (χ3n) is 2.57. The Kier molecular flexibility index (Phi) is 11.5. The van der Waals surface area contributed by atoms with Gasteiger partial charge in [-0.1, -0.05) is 25.2 Å². The van der Waals surface area contributed by atoms with Crippen molar-refractivity contribution >= 4 is 25.8 Å². The average molecular weight is 362 g/mol. The zero-order valence-corrected chi connectivity index (χ0v) is 16.1. The molecule has 0 aromatic rings. The van der Waals surface area contributed by atoms with E-state index in [-0.39, 0.29) is 0 Å². The van der Waals surface area contributed by atoms with Crippen molar-refractivity contribution in [3.05, 3.63) is 0 Å². The van der Waals surface area contributed by atoms with Gasteiger partial charge in [0.15, 0.2) is 0 Å². The third-order valence-corrected chi connectivity index (χ3v) is 9.47. The van der Waals surface area contributed by atoms with Crippen molar-refractivity contribution in [2.24, 2.45) is 0 Å². The van der Waals surface area contributed by atoms with E-state index in [0.29, 0.717) is 38.6 Å². The maximum atomic E-state index is 12.6. The van der Waals surface area contributed by atoms with Crippen LogP contribution in [0.2, 0.25) is 0 Å². The summed E-state index contributed by atoms with van der Waals surface area (Å²) in [5.41, 5.74) is 0. The lowest BCUT2D eigenvalue weighted by Crippen LogP contribution is -2.21. The van der Waals surface area contributed by atoms with Gasteiger partial charge in [0.25, 0.3) is 0 Å². The van der Waals surface area contributed by atoms with E-state index in [9.17, 15) is 9.13 Å². The van der Waals surface area contributed by atoms with Gasteiger partial charge in [-0.25, -0.2) is 14.3 Å². The summed E-state index contributed by atoms with van der Waals surface area (Å²) in [5, 5.41) is 2.76. The zero-order valence-electron chi connectivity index (χ0n) is 13.5. The first kappa shape index (κ1) is 21.6. The molecule has 0 bridgehead atoms.